The van der Waals surface area contributed by atoms with Gasteiger partial charge in [-0.25, -0.2) is 4.39 Å². The van der Waals surface area contributed by atoms with Crippen LogP contribution in [0.2, 0.25) is 0 Å². The Balaban J connectivity index is 1.79. The van der Waals surface area contributed by atoms with Crippen LogP contribution in [0, 0.1) is 5.82 Å². The molecule has 0 aliphatic carbocycles. The molecule has 2 aromatic rings. The molecule has 4 heteroatoms. The van der Waals surface area contributed by atoms with Crippen molar-refractivity contribution in [2.24, 2.45) is 0 Å². The molecule has 0 unspecified atom stereocenters. The maximum atomic E-state index is 12.8. The van der Waals surface area contributed by atoms with Crippen LogP contribution in [-0.4, -0.2) is 11.7 Å². The van der Waals surface area contributed by atoms with E-state index in [1.807, 2.05) is 6.07 Å². The minimum atomic E-state index is -0.310. The second kappa shape index (κ2) is 5.48. The van der Waals surface area contributed by atoms with Crippen LogP contribution >= 0.6 is 0 Å². The molecule has 1 amide bonds. The SMILES string of the molecule is O=C1CCc2cc(C(=O)Cc3ccc(F)cc3)ccc2N1. The number of hydrogen-bond acceptors (Lipinski definition) is 2. The molecular weight excluding hydrogens is 269 g/mol. The Morgan fingerprint density at radius 1 is 1.10 bits per heavy atom. The van der Waals surface area contributed by atoms with Gasteiger partial charge in [0, 0.05) is 24.1 Å². The number of halogens is 1. The van der Waals surface area contributed by atoms with E-state index in [1.54, 1.807) is 24.3 Å². The number of benzene rings is 2. The monoisotopic (exact) mass is 283 g/mol. The van der Waals surface area contributed by atoms with Crippen molar-refractivity contribution in [1.29, 1.82) is 0 Å². The molecule has 0 bridgehead atoms. The topological polar surface area (TPSA) is 46.2 Å². The summed E-state index contributed by atoms with van der Waals surface area (Å²) in [4.78, 5) is 23.6. The summed E-state index contributed by atoms with van der Waals surface area (Å²) in [6, 6.07) is 11.3. The number of hydrogen-bond donors (Lipinski definition) is 1. The zero-order valence-electron chi connectivity index (χ0n) is 11.4. The van der Waals surface area contributed by atoms with E-state index in [0.717, 1.165) is 16.8 Å². The Hall–Kier alpha value is -2.49. The minimum Gasteiger partial charge on any atom is -0.326 e. The van der Waals surface area contributed by atoms with Crippen LogP contribution in [0.3, 0.4) is 0 Å². The van der Waals surface area contributed by atoms with Crippen LogP contribution in [0.25, 0.3) is 0 Å². The fourth-order valence-electron chi connectivity index (χ4n) is 2.45. The van der Waals surface area contributed by atoms with Gasteiger partial charge in [0.1, 0.15) is 5.82 Å². The zero-order valence-corrected chi connectivity index (χ0v) is 11.4. The highest BCUT2D eigenvalue weighted by atomic mass is 19.1. The molecule has 1 heterocycles. The second-order valence-corrected chi connectivity index (χ2v) is 5.15. The van der Waals surface area contributed by atoms with Gasteiger partial charge < -0.3 is 5.32 Å². The Morgan fingerprint density at radius 3 is 2.62 bits per heavy atom. The number of ketones is 1. The van der Waals surface area contributed by atoms with Gasteiger partial charge in [0.05, 0.1) is 0 Å². The van der Waals surface area contributed by atoms with E-state index in [2.05, 4.69) is 5.32 Å². The van der Waals surface area contributed by atoms with Gasteiger partial charge in [-0.15, -0.1) is 0 Å². The number of carbonyl (C=O) groups excluding carboxylic acids is 2. The molecule has 1 N–H and O–H groups in total. The second-order valence-electron chi connectivity index (χ2n) is 5.15. The van der Waals surface area contributed by atoms with Crippen molar-refractivity contribution in [2.75, 3.05) is 5.32 Å². The number of Topliss-reactive ketones (excluding diaryl/α,β-unsaturated/α-hetero) is 1. The first-order valence-electron chi connectivity index (χ1n) is 6.82. The molecule has 21 heavy (non-hydrogen) atoms. The highest BCUT2D eigenvalue weighted by molar-refractivity contribution is 5.99. The van der Waals surface area contributed by atoms with Crippen LogP contribution in [0.1, 0.15) is 27.9 Å². The third kappa shape index (κ3) is 2.99. The van der Waals surface area contributed by atoms with Gasteiger partial charge >= 0.3 is 0 Å². The average Bonchev–Trinajstić information content (AvgIpc) is 2.49. The van der Waals surface area contributed by atoms with Gasteiger partial charge in [-0.05, 0) is 47.9 Å². The number of carbonyl (C=O) groups is 2. The third-order valence-corrected chi connectivity index (χ3v) is 3.60. The third-order valence-electron chi connectivity index (χ3n) is 3.60. The normalized spacial score (nSPS) is 13.5. The number of rotatable bonds is 3. The molecule has 0 fully saturated rings. The molecule has 3 rings (SSSR count). The molecule has 0 saturated heterocycles. The van der Waals surface area contributed by atoms with Gasteiger partial charge in [0.2, 0.25) is 5.91 Å². The summed E-state index contributed by atoms with van der Waals surface area (Å²) in [6.07, 6.45) is 1.34. The smallest absolute Gasteiger partial charge is 0.224 e. The summed E-state index contributed by atoms with van der Waals surface area (Å²) in [5.41, 5.74) is 3.17. The van der Waals surface area contributed by atoms with Crippen molar-refractivity contribution < 1.29 is 14.0 Å². The largest absolute Gasteiger partial charge is 0.326 e. The Labute approximate surface area is 121 Å². The predicted molar refractivity (Wildman–Crippen MR) is 77.8 cm³/mol. The fraction of sp³-hybridized carbons (Fsp3) is 0.176. The summed E-state index contributed by atoms with van der Waals surface area (Å²) >= 11 is 0. The molecule has 106 valence electrons. The lowest BCUT2D eigenvalue weighted by atomic mass is 9.96. The summed E-state index contributed by atoms with van der Waals surface area (Å²) in [7, 11) is 0. The average molecular weight is 283 g/mol. The van der Waals surface area contributed by atoms with Gasteiger partial charge in [-0.3, -0.25) is 9.59 Å². The van der Waals surface area contributed by atoms with Crippen molar-refractivity contribution in [3.63, 3.8) is 0 Å². The Bertz CT molecular complexity index is 707. The van der Waals surface area contributed by atoms with Crippen molar-refractivity contribution in [1.82, 2.24) is 0 Å². The van der Waals surface area contributed by atoms with Crippen LogP contribution in [-0.2, 0) is 17.6 Å². The lowest BCUT2D eigenvalue weighted by molar-refractivity contribution is -0.116. The van der Waals surface area contributed by atoms with Crippen molar-refractivity contribution in [2.45, 2.75) is 19.3 Å². The lowest BCUT2D eigenvalue weighted by Crippen LogP contribution is -2.19. The maximum Gasteiger partial charge on any atom is 0.224 e. The van der Waals surface area contributed by atoms with Crippen molar-refractivity contribution in [3.05, 3.63) is 65.0 Å². The van der Waals surface area contributed by atoms with E-state index in [1.165, 1.54) is 12.1 Å². The number of nitrogens with one attached hydrogen (secondary N) is 1. The highest BCUT2D eigenvalue weighted by Crippen LogP contribution is 2.24. The quantitative estimate of drug-likeness (QED) is 0.880. The number of aryl methyl sites for hydroxylation is 1. The summed E-state index contributed by atoms with van der Waals surface area (Å²) in [6.45, 7) is 0. The van der Waals surface area contributed by atoms with E-state index in [4.69, 9.17) is 0 Å². The first kappa shape index (κ1) is 13.5. The zero-order chi connectivity index (χ0) is 14.8. The maximum absolute atomic E-state index is 12.8. The van der Waals surface area contributed by atoms with E-state index in [0.29, 0.717) is 18.4 Å². The van der Waals surface area contributed by atoms with Gasteiger partial charge in [0.25, 0.3) is 0 Å². The number of amides is 1. The van der Waals surface area contributed by atoms with Crippen LogP contribution in [0.15, 0.2) is 42.5 Å². The Kier molecular flexibility index (Phi) is 3.52. The molecule has 2 aromatic carbocycles. The summed E-state index contributed by atoms with van der Waals surface area (Å²) in [5, 5.41) is 2.79. The van der Waals surface area contributed by atoms with E-state index < -0.39 is 0 Å². The lowest BCUT2D eigenvalue weighted by Gasteiger charge is -2.17. The molecule has 0 aromatic heterocycles. The molecule has 0 atom stereocenters. The van der Waals surface area contributed by atoms with Gasteiger partial charge in [-0.2, -0.15) is 0 Å². The first-order chi connectivity index (χ1) is 10.1. The van der Waals surface area contributed by atoms with Crippen LogP contribution in [0.4, 0.5) is 10.1 Å². The fourth-order valence-corrected chi connectivity index (χ4v) is 2.45. The number of anilines is 1. The molecule has 1 aliphatic rings. The molecular formula is C17H14FNO2. The summed E-state index contributed by atoms with van der Waals surface area (Å²) < 4.78 is 12.8. The van der Waals surface area contributed by atoms with E-state index >= 15 is 0 Å². The highest BCUT2D eigenvalue weighted by Gasteiger charge is 2.16. The molecule has 0 saturated carbocycles. The van der Waals surface area contributed by atoms with Gasteiger partial charge in [0.15, 0.2) is 5.78 Å². The van der Waals surface area contributed by atoms with Crippen LogP contribution in [0.5, 0.6) is 0 Å². The molecule has 0 spiro atoms. The predicted octanol–water partition coefficient (Wildman–Crippen LogP) is 3.14. The summed E-state index contributed by atoms with van der Waals surface area (Å²) in [5.74, 6) is -0.315. The van der Waals surface area contributed by atoms with Crippen molar-refractivity contribution >= 4 is 17.4 Å². The molecule has 1 aliphatic heterocycles. The van der Waals surface area contributed by atoms with Gasteiger partial charge in [-0.1, -0.05) is 12.1 Å². The Morgan fingerprint density at radius 2 is 1.86 bits per heavy atom. The van der Waals surface area contributed by atoms with Crippen molar-refractivity contribution in [3.8, 4) is 0 Å². The standard InChI is InChI=1S/C17H14FNO2/c18-14-5-1-11(2-6-14)9-16(20)13-3-7-15-12(10-13)4-8-17(21)19-15/h1-3,5-7,10H,4,8-9H2,(H,19,21). The number of fused-ring (bicyclic) bond motifs is 1. The van der Waals surface area contributed by atoms with E-state index in [9.17, 15) is 14.0 Å². The molecule has 0 radical (unpaired) electrons. The first-order valence-corrected chi connectivity index (χ1v) is 6.82. The molecule has 3 nitrogen and oxygen atoms in total. The van der Waals surface area contributed by atoms with E-state index in [-0.39, 0.29) is 23.9 Å². The minimum absolute atomic E-state index is 0.00730. The van der Waals surface area contributed by atoms with Crippen LogP contribution < -0.4 is 5.32 Å².